The van der Waals surface area contributed by atoms with Crippen molar-refractivity contribution in [3.05, 3.63) is 82.7 Å². The number of rotatable bonds is 5. The molecule has 2 aromatic carbocycles. The van der Waals surface area contributed by atoms with Gasteiger partial charge < -0.3 is 5.32 Å². The van der Waals surface area contributed by atoms with Crippen LogP contribution in [0.25, 0.3) is 21.1 Å². The standard InChI is InChI=1S/C20H15ClN2S2/c21-16-10-8-14(9-11-16)13-22-20-18(17-7-4-12-24-17)23-19(25-20)15-5-2-1-3-6-15/h1-12,22H,13H2. The van der Waals surface area contributed by atoms with Crippen LogP contribution in [0.1, 0.15) is 5.56 Å². The van der Waals surface area contributed by atoms with Gasteiger partial charge in [0.2, 0.25) is 0 Å². The fourth-order valence-electron chi connectivity index (χ4n) is 2.51. The van der Waals surface area contributed by atoms with Crippen LogP contribution in [-0.2, 0) is 6.54 Å². The zero-order chi connectivity index (χ0) is 17.1. The third-order valence-corrected chi connectivity index (χ3v) is 5.96. The normalized spacial score (nSPS) is 10.8. The smallest absolute Gasteiger partial charge is 0.126 e. The molecule has 0 bridgehead atoms. The zero-order valence-electron chi connectivity index (χ0n) is 13.3. The molecule has 0 aliphatic rings. The van der Waals surface area contributed by atoms with Gasteiger partial charge in [-0.2, -0.15) is 0 Å². The monoisotopic (exact) mass is 382 g/mol. The Kier molecular flexibility index (Phi) is 4.83. The molecule has 1 N–H and O–H groups in total. The summed E-state index contributed by atoms with van der Waals surface area (Å²) >= 11 is 9.37. The number of hydrogen-bond donors (Lipinski definition) is 1. The Morgan fingerprint density at radius 2 is 1.72 bits per heavy atom. The molecule has 0 spiro atoms. The minimum absolute atomic E-state index is 0.742. The molecule has 5 heteroatoms. The topological polar surface area (TPSA) is 24.9 Å². The van der Waals surface area contributed by atoms with E-state index in [9.17, 15) is 0 Å². The largest absolute Gasteiger partial charge is 0.371 e. The number of nitrogens with zero attached hydrogens (tertiary/aromatic N) is 1. The van der Waals surface area contributed by atoms with Gasteiger partial charge in [-0.25, -0.2) is 4.98 Å². The third kappa shape index (κ3) is 3.76. The average Bonchev–Trinajstić information content (AvgIpc) is 3.31. The molecule has 0 saturated carbocycles. The highest BCUT2D eigenvalue weighted by molar-refractivity contribution is 7.20. The van der Waals surface area contributed by atoms with Crippen molar-refractivity contribution in [2.45, 2.75) is 6.54 Å². The number of nitrogens with one attached hydrogen (secondary N) is 1. The van der Waals surface area contributed by atoms with E-state index in [4.69, 9.17) is 16.6 Å². The van der Waals surface area contributed by atoms with Crippen molar-refractivity contribution in [2.75, 3.05) is 5.32 Å². The molecule has 4 rings (SSSR count). The van der Waals surface area contributed by atoms with Crippen LogP contribution in [-0.4, -0.2) is 4.98 Å². The van der Waals surface area contributed by atoms with Crippen LogP contribution in [0.4, 0.5) is 5.00 Å². The van der Waals surface area contributed by atoms with Gasteiger partial charge in [-0.1, -0.05) is 71.5 Å². The number of benzene rings is 2. The first kappa shape index (κ1) is 16.3. The Morgan fingerprint density at radius 1 is 0.920 bits per heavy atom. The quantitative estimate of drug-likeness (QED) is 0.410. The Bertz CT molecular complexity index is 945. The minimum Gasteiger partial charge on any atom is -0.371 e. The molecular formula is C20H15ClN2S2. The lowest BCUT2D eigenvalue weighted by molar-refractivity contribution is 1.16. The molecule has 2 heterocycles. The van der Waals surface area contributed by atoms with Crippen molar-refractivity contribution in [3.8, 4) is 21.1 Å². The van der Waals surface area contributed by atoms with E-state index in [1.165, 1.54) is 10.4 Å². The zero-order valence-corrected chi connectivity index (χ0v) is 15.7. The van der Waals surface area contributed by atoms with Crippen molar-refractivity contribution in [3.63, 3.8) is 0 Å². The molecule has 0 saturated heterocycles. The van der Waals surface area contributed by atoms with E-state index in [2.05, 4.69) is 35.0 Å². The Balaban J connectivity index is 1.65. The van der Waals surface area contributed by atoms with E-state index in [0.717, 1.165) is 32.8 Å². The van der Waals surface area contributed by atoms with Crippen molar-refractivity contribution in [1.82, 2.24) is 4.98 Å². The van der Waals surface area contributed by atoms with Gasteiger partial charge in [0.15, 0.2) is 0 Å². The van der Waals surface area contributed by atoms with Crippen LogP contribution in [0.2, 0.25) is 5.02 Å². The first-order chi connectivity index (χ1) is 12.3. The maximum absolute atomic E-state index is 5.97. The van der Waals surface area contributed by atoms with Gasteiger partial charge in [0.25, 0.3) is 0 Å². The molecule has 0 fully saturated rings. The number of halogens is 1. The molecule has 0 amide bonds. The average molecular weight is 383 g/mol. The molecule has 124 valence electrons. The number of hydrogen-bond acceptors (Lipinski definition) is 4. The summed E-state index contributed by atoms with van der Waals surface area (Å²) in [5, 5.41) is 8.51. The Hall–Kier alpha value is -2.14. The van der Waals surface area contributed by atoms with Gasteiger partial charge in [0.1, 0.15) is 15.7 Å². The van der Waals surface area contributed by atoms with Gasteiger partial charge in [0.05, 0.1) is 4.88 Å². The fraction of sp³-hybridized carbons (Fsp3) is 0.0500. The predicted molar refractivity (Wildman–Crippen MR) is 110 cm³/mol. The number of anilines is 1. The predicted octanol–water partition coefficient (Wildman–Crippen LogP) is 6.80. The van der Waals surface area contributed by atoms with Crippen molar-refractivity contribution < 1.29 is 0 Å². The van der Waals surface area contributed by atoms with Gasteiger partial charge in [-0.05, 0) is 29.1 Å². The maximum Gasteiger partial charge on any atom is 0.126 e. The van der Waals surface area contributed by atoms with Crippen LogP contribution in [0, 0.1) is 0 Å². The second-order valence-corrected chi connectivity index (χ2v) is 7.90. The van der Waals surface area contributed by atoms with Crippen LogP contribution in [0.15, 0.2) is 72.1 Å². The number of thiophene rings is 1. The SMILES string of the molecule is Clc1ccc(CNc2sc(-c3ccccc3)nc2-c2cccs2)cc1. The molecule has 2 nitrogen and oxygen atoms in total. The van der Waals surface area contributed by atoms with Crippen LogP contribution < -0.4 is 5.32 Å². The van der Waals surface area contributed by atoms with Gasteiger partial charge in [-0.15, -0.1) is 11.3 Å². The summed E-state index contributed by atoms with van der Waals surface area (Å²) in [6, 6.07) is 22.4. The summed E-state index contributed by atoms with van der Waals surface area (Å²) in [7, 11) is 0. The van der Waals surface area contributed by atoms with Crippen molar-refractivity contribution in [1.29, 1.82) is 0 Å². The van der Waals surface area contributed by atoms with Gasteiger partial charge in [0, 0.05) is 17.1 Å². The summed E-state index contributed by atoms with van der Waals surface area (Å²) in [5.41, 5.74) is 3.36. The number of aromatic nitrogens is 1. The van der Waals surface area contributed by atoms with Crippen LogP contribution in [0.3, 0.4) is 0 Å². The summed E-state index contributed by atoms with van der Waals surface area (Å²) in [6.45, 7) is 0.742. The molecule has 2 aromatic heterocycles. The summed E-state index contributed by atoms with van der Waals surface area (Å²) in [4.78, 5) is 6.07. The van der Waals surface area contributed by atoms with Gasteiger partial charge >= 0.3 is 0 Å². The van der Waals surface area contributed by atoms with E-state index < -0.39 is 0 Å². The lowest BCUT2D eigenvalue weighted by Gasteiger charge is -2.05. The molecule has 0 atom stereocenters. The Morgan fingerprint density at radius 3 is 2.44 bits per heavy atom. The molecule has 25 heavy (non-hydrogen) atoms. The first-order valence-corrected chi connectivity index (χ1v) is 9.95. The highest BCUT2D eigenvalue weighted by Gasteiger charge is 2.15. The summed E-state index contributed by atoms with van der Waals surface area (Å²) in [6.07, 6.45) is 0. The van der Waals surface area contributed by atoms with Crippen LogP contribution in [0.5, 0.6) is 0 Å². The molecule has 0 aliphatic heterocycles. The van der Waals surface area contributed by atoms with E-state index in [1.807, 2.05) is 42.5 Å². The molecule has 0 unspecified atom stereocenters. The van der Waals surface area contributed by atoms with E-state index in [0.29, 0.717) is 0 Å². The third-order valence-electron chi connectivity index (χ3n) is 3.77. The first-order valence-electron chi connectivity index (χ1n) is 7.88. The summed E-state index contributed by atoms with van der Waals surface area (Å²) in [5.74, 6) is 0. The van der Waals surface area contributed by atoms with E-state index in [-0.39, 0.29) is 0 Å². The number of thiazole rings is 1. The molecule has 0 radical (unpaired) electrons. The highest BCUT2D eigenvalue weighted by Crippen LogP contribution is 2.39. The maximum atomic E-state index is 5.97. The van der Waals surface area contributed by atoms with E-state index >= 15 is 0 Å². The molecular weight excluding hydrogens is 368 g/mol. The molecule has 0 aliphatic carbocycles. The second-order valence-electron chi connectivity index (χ2n) is 5.52. The lowest BCUT2D eigenvalue weighted by atomic mass is 10.2. The Labute approximate surface area is 159 Å². The highest BCUT2D eigenvalue weighted by atomic mass is 35.5. The second kappa shape index (κ2) is 7.40. The van der Waals surface area contributed by atoms with E-state index in [1.54, 1.807) is 22.7 Å². The van der Waals surface area contributed by atoms with Crippen LogP contribution >= 0.6 is 34.3 Å². The van der Waals surface area contributed by atoms with Gasteiger partial charge in [-0.3, -0.25) is 0 Å². The minimum atomic E-state index is 0.742. The van der Waals surface area contributed by atoms with Crippen molar-refractivity contribution >= 4 is 39.3 Å². The lowest BCUT2D eigenvalue weighted by Crippen LogP contribution is -1.98. The fourth-order valence-corrected chi connectivity index (χ4v) is 4.40. The molecule has 4 aromatic rings. The summed E-state index contributed by atoms with van der Waals surface area (Å²) < 4.78 is 0. The van der Waals surface area contributed by atoms with Crippen molar-refractivity contribution in [2.24, 2.45) is 0 Å².